The molecule has 1 saturated carbocycles. The average Bonchev–Trinajstić information content (AvgIpc) is 2.53. The van der Waals surface area contributed by atoms with Gasteiger partial charge in [-0.1, -0.05) is 0 Å². The molecule has 0 bridgehead atoms. The summed E-state index contributed by atoms with van der Waals surface area (Å²) < 4.78 is 23.8. The van der Waals surface area contributed by atoms with Crippen molar-refractivity contribution in [3.8, 4) is 0 Å². The summed E-state index contributed by atoms with van der Waals surface area (Å²) >= 11 is 0. The molecule has 1 aliphatic carbocycles. The number of rotatable bonds is 3. The largest absolute Gasteiger partial charge is 0.348 e. The number of aryl methyl sites for hydroxylation is 1. The second-order valence-corrected chi connectivity index (χ2v) is 5.88. The molecule has 1 fully saturated rings. The lowest BCUT2D eigenvalue weighted by molar-refractivity contribution is 0.0908. The van der Waals surface area contributed by atoms with Crippen LogP contribution in [0.2, 0.25) is 0 Å². The molecule has 6 nitrogen and oxygen atoms in total. The van der Waals surface area contributed by atoms with Crippen molar-refractivity contribution in [3.05, 3.63) is 18.0 Å². The third kappa shape index (κ3) is 2.50. The standard InChI is InChI=1S/C10H15N3O3S/c1-13-6-8(17(11,15)16)5-9(13)10(14)12-7-3-2-4-7/h5-7H,2-4H2,1H3,(H,12,14)(H2,11,15,16). The van der Waals surface area contributed by atoms with E-state index >= 15 is 0 Å². The Kier molecular flexibility index (Phi) is 2.96. The molecular formula is C10H15N3O3S. The number of primary sulfonamides is 1. The molecule has 94 valence electrons. The molecule has 1 amide bonds. The lowest BCUT2D eigenvalue weighted by Crippen LogP contribution is -2.40. The molecule has 1 aromatic heterocycles. The van der Waals surface area contributed by atoms with E-state index in [4.69, 9.17) is 5.14 Å². The van der Waals surface area contributed by atoms with Crippen molar-refractivity contribution in [3.63, 3.8) is 0 Å². The fraction of sp³-hybridized carbons (Fsp3) is 0.500. The van der Waals surface area contributed by atoms with Crippen LogP contribution < -0.4 is 10.5 Å². The van der Waals surface area contributed by atoms with Crippen molar-refractivity contribution >= 4 is 15.9 Å². The van der Waals surface area contributed by atoms with Gasteiger partial charge in [0, 0.05) is 19.3 Å². The number of amides is 1. The maximum absolute atomic E-state index is 11.8. The molecular weight excluding hydrogens is 242 g/mol. The molecule has 7 heteroatoms. The monoisotopic (exact) mass is 257 g/mol. The van der Waals surface area contributed by atoms with Gasteiger partial charge in [-0.3, -0.25) is 4.79 Å². The molecule has 0 radical (unpaired) electrons. The van der Waals surface area contributed by atoms with Crippen LogP contribution in [-0.2, 0) is 17.1 Å². The van der Waals surface area contributed by atoms with Crippen LogP contribution in [0.15, 0.2) is 17.2 Å². The molecule has 2 rings (SSSR count). The third-order valence-corrected chi connectivity index (χ3v) is 3.86. The van der Waals surface area contributed by atoms with Gasteiger partial charge in [-0.25, -0.2) is 13.6 Å². The number of carbonyl (C=O) groups excluding carboxylic acids is 1. The second kappa shape index (κ2) is 4.15. The first kappa shape index (κ1) is 12.1. The normalized spacial score (nSPS) is 16.6. The number of nitrogens with zero attached hydrogens (tertiary/aromatic N) is 1. The quantitative estimate of drug-likeness (QED) is 0.795. The highest BCUT2D eigenvalue weighted by Gasteiger charge is 2.23. The van der Waals surface area contributed by atoms with E-state index in [0.717, 1.165) is 19.3 Å². The summed E-state index contributed by atoms with van der Waals surface area (Å²) in [7, 11) is -2.14. The zero-order valence-corrected chi connectivity index (χ0v) is 10.3. The van der Waals surface area contributed by atoms with Crippen LogP contribution in [0, 0.1) is 0 Å². The highest BCUT2D eigenvalue weighted by molar-refractivity contribution is 7.89. The zero-order valence-electron chi connectivity index (χ0n) is 9.51. The smallest absolute Gasteiger partial charge is 0.268 e. The number of carbonyl (C=O) groups is 1. The van der Waals surface area contributed by atoms with Crippen LogP contribution in [-0.4, -0.2) is 24.9 Å². The van der Waals surface area contributed by atoms with Gasteiger partial charge in [0.25, 0.3) is 5.91 Å². The first-order chi connectivity index (χ1) is 7.88. The molecule has 1 aliphatic rings. The van der Waals surface area contributed by atoms with Gasteiger partial charge in [-0.2, -0.15) is 0 Å². The molecule has 17 heavy (non-hydrogen) atoms. The van der Waals surface area contributed by atoms with Crippen LogP contribution >= 0.6 is 0 Å². The third-order valence-electron chi connectivity index (χ3n) is 2.98. The molecule has 0 unspecified atom stereocenters. The predicted molar refractivity (Wildman–Crippen MR) is 61.9 cm³/mol. The van der Waals surface area contributed by atoms with E-state index in [1.807, 2.05) is 0 Å². The summed E-state index contributed by atoms with van der Waals surface area (Å²) in [6.45, 7) is 0. The molecule has 1 aromatic rings. The van der Waals surface area contributed by atoms with Crippen molar-refractivity contribution in [2.45, 2.75) is 30.2 Å². The van der Waals surface area contributed by atoms with Gasteiger partial charge < -0.3 is 9.88 Å². The van der Waals surface area contributed by atoms with E-state index < -0.39 is 10.0 Å². The Morgan fingerprint density at radius 2 is 2.18 bits per heavy atom. The summed E-state index contributed by atoms with van der Waals surface area (Å²) in [5.41, 5.74) is 0.306. The van der Waals surface area contributed by atoms with Crippen LogP contribution in [0.1, 0.15) is 29.8 Å². The van der Waals surface area contributed by atoms with Gasteiger partial charge in [-0.15, -0.1) is 0 Å². The van der Waals surface area contributed by atoms with E-state index in [9.17, 15) is 13.2 Å². The van der Waals surface area contributed by atoms with Gasteiger partial charge >= 0.3 is 0 Å². The van der Waals surface area contributed by atoms with E-state index in [1.54, 1.807) is 7.05 Å². The van der Waals surface area contributed by atoms with Crippen molar-refractivity contribution in [1.29, 1.82) is 0 Å². The number of sulfonamides is 1. The van der Waals surface area contributed by atoms with Crippen LogP contribution in [0.5, 0.6) is 0 Å². The summed E-state index contributed by atoms with van der Waals surface area (Å²) in [5.74, 6) is -0.257. The fourth-order valence-electron chi connectivity index (χ4n) is 1.73. The number of hydrogen-bond acceptors (Lipinski definition) is 3. The fourth-order valence-corrected chi connectivity index (χ4v) is 2.31. The molecule has 0 aromatic carbocycles. The van der Waals surface area contributed by atoms with Crippen LogP contribution in [0.3, 0.4) is 0 Å². The maximum Gasteiger partial charge on any atom is 0.268 e. The van der Waals surface area contributed by atoms with Gasteiger partial charge in [0.15, 0.2) is 0 Å². The lowest BCUT2D eigenvalue weighted by Gasteiger charge is -2.26. The zero-order chi connectivity index (χ0) is 12.6. The minimum Gasteiger partial charge on any atom is -0.348 e. The summed E-state index contributed by atoms with van der Waals surface area (Å²) in [6, 6.07) is 1.51. The Morgan fingerprint density at radius 1 is 1.53 bits per heavy atom. The van der Waals surface area contributed by atoms with Crippen molar-refractivity contribution < 1.29 is 13.2 Å². The van der Waals surface area contributed by atoms with Crippen molar-refractivity contribution in [2.24, 2.45) is 12.2 Å². The molecule has 0 atom stereocenters. The average molecular weight is 257 g/mol. The van der Waals surface area contributed by atoms with Crippen LogP contribution in [0.4, 0.5) is 0 Å². The Bertz CT molecular complexity index is 543. The number of aromatic nitrogens is 1. The molecule has 0 spiro atoms. The van der Waals surface area contributed by atoms with E-state index in [1.165, 1.54) is 16.8 Å². The Hall–Kier alpha value is -1.34. The molecule has 0 saturated heterocycles. The maximum atomic E-state index is 11.8. The van der Waals surface area contributed by atoms with Gasteiger partial charge in [-0.05, 0) is 25.3 Å². The van der Waals surface area contributed by atoms with Gasteiger partial charge in [0.2, 0.25) is 10.0 Å². The molecule has 3 N–H and O–H groups in total. The highest BCUT2D eigenvalue weighted by atomic mass is 32.2. The van der Waals surface area contributed by atoms with Gasteiger partial charge in [0.1, 0.15) is 10.6 Å². The van der Waals surface area contributed by atoms with Crippen molar-refractivity contribution in [1.82, 2.24) is 9.88 Å². The Morgan fingerprint density at radius 3 is 2.59 bits per heavy atom. The van der Waals surface area contributed by atoms with Crippen LogP contribution in [0.25, 0.3) is 0 Å². The minimum absolute atomic E-state index is 0.0428. The number of hydrogen-bond donors (Lipinski definition) is 2. The minimum atomic E-state index is -3.76. The first-order valence-corrected chi connectivity index (χ1v) is 6.92. The van der Waals surface area contributed by atoms with E-state index in [2.05, 4.69) is 5.32 Å². The highest BCUT2D eigenvalue weighted by Crippen LogP contribution is 2.19. The summed E-state index contributed by atoms with van der Waals surface area (Å²) in [4.78, 5) is 11.8. The number of nitrogens with two attached hydrogens (primary N) is 1. The molecule has 1 heterocycles. The Labute approximate surface area is 99.8 Å². The summed E-state index contributed by atoms with van der Waals surface area (Å²) in [6.07, 6.45) is 4.43. The van der Waals surface area contributed by atoms with Crippen molar-refractivity contribution in [2.75, 3.05) is 0 Å². The lowest BCUT2D eigenvalue weighted by atomic mass is 9.93. The second-order valence-electron chi connectivity index (χ2n) is 4.32. The summed E-state index contributed by atoms with van der Waals surface area (Å²) in [5, 5.41) is 7.85. The van der Waals surface area contributed by atoms with E-state index in [-0.39, 0.29) is 16.8 Å². The molecule has 0 aliphatic heterocycles. The SMILES string of the molecule is Cn1cc(S(N)(=O)=O)cc1C(=O)NC1CCC1. The number of nitrogens with one attached hydrogen (secondary N) is 1. The predicted octanol–water partition coefficient (Wildman–Crippen LogP) is -0.0452. The first-order valence-electron chi connectivity index (χ1n) is 5.38. The van der Waals surface area contributed by atoms with E-state index in [0.29, 0.717) is 5.69 Å². The topological polar surface area (TPSA) is 94.2 Å². The van der Waals surface area contributed by atoms with Gasteiger partial charge in [0.05, 0.1) is 0 Å². The Balaban J connectivity index is 2.20.